The quantitative estimate of drug-likeness (QED) is 0.121. The van der Waals surface area contributed by atoms with E-state index < -0.39 is 70.4 Å². The van der Waals surface area contributed by atoms with Gasteiger partial charge in [0, 0.05) is 48.4 Å². The average molecular weight is 626 g/mol. The molecule has 3 aliphatic rings. The molecule has 13 heteroatoms. The summed E-state index contributed by atoms with van der Waals surface area (Å²) in [5.41, 5.74) is 5.89. The predicted octanol–water partition coefficient (Wildman–Crippen LogP) is 2.12. The first-order valence-corrected chi connectivity index (χ1v) is 15.0. The summed E-state index contributed by atoms with van der Waals surface area (Å²) in [7, 11) is 1.35. The molecule has 2 aromatic carbocycles. The Morgan fingerprint density at radius 3 is 2.56 bits per heavy atom. The summed E-state index contributed by atoms with van der Waals surface area (Å²) in [5, 5.41) is 49.7. The summed E-state index contributed by atoms with van der Waals surface area (Å²) < 4.78 is 17.4. The molecule has 0 radical (unpaired) electrons. The molecule has 4 unspecified atom stereocenters. The second kappa shape index (κ2) is 12.5. The Labute approximate surface area is 260 Å². The van der Waals surface area contributed by atoms with Crippen LogP contribution in [0.3, 0.4) is 0 Å². The van der Waals surface area contributed by atoms with Crippen molar-refractivity contribution in [1.82, 2.24) is 5.43 Å². The molecule has 1 fully saturated rings. The number of rotatable bonds is 8. The first-order chi connectivity index (χ1) is 21.3. The monoisotopic (exact) mass is 625 g/mol. The molecular weight excluding hydrogens is 586 g/mol. The van der Waals surface area contributed by atoms with Gasteiger partial charge >= 0.3 is 0 Å². The van der Waals surface area contributed by atoms with Gasteiger partial charge in [-0.1, -0.05) is 25.5 Å². The highest BCUT2D eigenvalue weighted by atomic mass is 16.7. The number of aliphatic hydroxyl groups excluding tert-OH is 1. The highest BCUT2D eigenvalue weighted by molar-refractivity contribution is 6.31. The maximum absolute atomic E-state index is 13.8. The van der Waals surface area contributed by atoms with Crippen LogP contribution in [0, 0.1) is 0 Å². The molecule has 0 bridgehead atoms. The number of aromatic hydroxyl groups is 2. The van der Waals surface area contributed by atoms with Crippen molar-refractivity contribution in [2.75, 3.05) is 7.11 Å². The number of benzene rings is 2. The minimum atomic E-state index is -1.83. The van der Waals surface area contributed by atoms with Crippen LogP contribution in [0.4, 0.5) is 0 Å². The molecule has 1 heterocycles. The normalized spacial score (nSPS) is 27.8. The number of methoxy groups -OCH3 is 1. The first-order valence-electron chi connectivity index (χ1n) is 15.0. The van der Waals surface area contributed by atoms with E-state index in [0.717, 1.165) is 6.42 Å². The summed E-state index contributed by atoms with van der Waals surface area (Å²) in [5.74, 6) is -2.84. The van der Waals surface area contributed by atoms with E-state index >= 15 is 0 Å². The number of fused-ring (bicyclic) bond motifs is 3. The van der Waals surface area contributed by atoms with E-state index in [9.17, 15) is 34.8 Å². The lowest BCUT2D eigenvalue weighted by molar-refractivity contribution is -0.245. The molecule has 1 aliphatic heterocycles. The van der Waals surface area contributed by atoms with Crippen molar-refractivity contribution in [2.24, 2.45) is 10.8 Å². The van der Waals surface area contributed by atoms with Crippen LogP contribution in [0.15, 0.2) is 23.3 Å². The van der Waals surface area contributed by atoms with Crippen molar-refractivity contribution >= 4 is 23.2 Å². The molecule has 1 amide bonds. The predicted molar refractivity (Wildman–Crippen MR) is 160 cm³/mol. The van der Waals surface area contributed by atoms with Crippen molar-refractivity contribution in [1.29, 1.82) is 0 Å². The minimum absolute atomic E-state index is 0.00819. The zero-order valence-corrected chi connectivity index (χ0v) is 25.6. The first kappa shape index (κ1) is 32.5. The Balaban J connectivity index is 1.63. The molecule has 13 nitrogen and oxygen atoms in total. The summed E-state index contributed by atoms with van der Waals surface area (Å²) in [6.07, 6.45) is -2.65. The Morgan fingerprint density at radius 2 is 1.89 bits per heavy atom. The number of phenolic OH excluding ortho intramolecular Hbond substituents is 2. The summed E-state index contributed by atoms with van der Waals surface area (Å²) in [4.78, 5) is 39.8. The molecule has 45 heavy (non-hydrogen) atoms. The second-order valence-electron chi connectivity index (χ2n) is 11.9. The van der Waals surface area contributed by atoms with Gasteiger partial charge in [-0.25, -0.2) is 5.43 Å². The number of unbranched alkanes of at least 4 members (excludes halogenated alkanes) is 1. The Morgan fingerprint density at radius 1 is 1.18 bits per heavy atom. The van der Waals surface area contributed by atoms with Gasteiger partial charge in [0.25, 0.3) is 0 Å². The Hall–Kier alpha value is -3.88. The second-order valence-corrected chi connectivity index (χ2v) is 11.9. The number of carbonyl (C=O) groups excluding carboxylic acids is 3. The molecule has 6 atom stereocenters. The van der Waals surface area contributed by atoms with Crippen LogP contribution >= 0.6 is 0 Å². The Kier molecular flexibility index (Phi) is 9.02. The smallest absolute Gasteiger partial charge is 0.240 e. The number of hydrazone groups is 1. The lowest BCUT2D eigenvalue weighted by Crippen LogP contribution is -2.52. The van der Waals surface area contributed by atoms with Crippen LogP contribution in [-0.2, 0) is 20.7 Å². The van der Waals surface area contributed by atoms with E-state index in [1.54, 1.807) is 6.92 Å². The number of hydrogen-bond acceptors (Lipinski definition) is 12. The minimum Gasteiger partial charge on any atom is -0.507 e. The van der Waals surface area contributed by atoms with Crippen LogP contribution in [0.2, 0.25) is 0 Å². The maximum atomic E-state index is 13.8. The summed E-state index contributed by atoms with van der Waals surface area (Å²) >= 11 is 0. The van der Waals surface area contributed by atoms with Crippen molar-refractivity contribution < 1.29 is 49.0 Å². The van der Waals surface area contributed by atoms with Crippen molar-refractivity contribution in [2.45, 2.75) is 95.5 Å². The molecule has 1 saturated heterocycles. The van der Waals surface area contributed by atoms with E-state index in [1.807, 2.05) is 6.92 Å². The van der Waals surface area contributed by atoms with Gasteiger partial charge in [-0.05, 0) is 26.3 Å². The van der Waals surface area contributed by atoms with Crippen molar-refractivity contribution in [3.63, 3.8) is 0 Å². The van der Waals surface area contributed by atoms with Gasteiger partial charge in [0.1, 0.15) is 22.8 Å². The van der Waals surface area contributed by atoms with Crippen LogP contribution in [0.25, 0.3) is 0 Å². The number of ether oxygens (including phenoxy) is 3. The van der Waals surface area contributed by atoms with E-state index in [2.05, 4.69) is 10.5 Å². The third-order valence-corrected chi connectivity index (χ3v) is 8.92. The van der Waals surface area contributed by atoms with Crippen LogP contribution in [0.1, 0.15) is 102 Å². The topological polar surface area (TPSA) is 210 Å². The maximum Gasteiger partial charge on any atom is 0.240 e. The number of hydrogen-bond donors (Lipinski definition) is 6. The molecule has 0 spiro atoms. The number of nitrogens with two attached hydrogens (primary N) is 1. The Bertz CT molecular complexity index is 1560. The fraction of sp³-hybridized carbons (Fsp3) is 0.500. The third kappa shape index (κ3) is 5.70. The number of phenols is 2. The lowest BCUT2D eigenvalue weighted by atomic mass is 9.72. The molecule has 7 N–H and O–H groups in total. The molecule has 2 aliphatic carbocycles. The number of nitrogens with zero attached hydrogens (tertiary/aromatic N) is 1. The number of amides is 1. The van der Waals surface area contributed by atoms with Gasteiger partial charge < -0.3 is 40.4 Å². The zero-order chi connectivity index (χ0) is 32.8. The van der Waals surface area contributed by atoms with E-state index in [-0.39, 0.29) is 65.3 Å². The number of ketones is 2. The van der Waals surface area contributed by atoms with Gasteiger partial charge in [0.05, 0.1) is 47.8 Å². The zero-order valence-electron chi connectivity index (χ0n) is 25.6. The average Bonchev–Trinajstić information content (AvgIpc) is 3.01. The van der Waals surface area contributed by atoms with Crippen LogP contribution in [0.5, 0.6) is 17.2 Å². The largest absolute Gasteiger partial charge is 0.507 e. The SMILES string of the molecule is CCCCC(=O)N/N=C(\C)[C@]1(O)Cc2c(O)c3c(c(O)c2[C@@H](OC2CC(N)C(O)C(C)O2)C1)C(=O)c1c(OC)cccc1C3=O. The van der Waals surface area contributed by atoms with Gasteiger partial charge in [0.15, 0.2) is 12.1 Å². The molecule has 5 rings (SSSR count). The molecule has 2 aromatic rings. The van der Waals surface area contributed by atoms with Gasteiger partial charge in [0.2, 0.25) is 11.7 Å². The third-order valence-electron chi connectivity index (χ3n) is 8.92. The van der Waals surface area contributed by atoms with Gasteiger partial charge in [-0.2, -0.15) is 5.10 Å². The van der Waals surface area contributed by atoms with E-state index in [4.69, 9.17) is 19.9 Å². The van der Waals surface area contributed by atoms with Gasteiger partial charge in [-0.3, -0.25) is 14.4 Å². The van der Waals surface area contributed by atoms with Crippen LogP contribution < -0.4 is 15.9 Å². The fourth-order valence-electron chi connectivity index (χ4n) is 6.31. The molecule has 242 valence electrons. The number of nitrogens with one attached hydrogen (secondary N) is 1. The standard InChI is InChI=1S/C32H39N3O10/c1-5-6-10-21(36)35-34-15(3)32(42)12-17-24(20(13-32)45-22-11-18(33)27(37)14(2)44-22)31(41)26-25(29(17)39)28(38)16-8-7-9-19(43-4)23(16)30(26)40/h7-9,14,18,20,22,27,37,39,41-42H,5-6,10-13,33H2,1-4H3,(H,35,36)/b34-15+/t14?,18?,20-,22?,27?,32-/m0/s1. The fourth-order valence-corrected chi connectivity index (χ4v) is 6.31. The van der Waals surface area contributed by atoms with Crippen molar-refractivity contribution in [3.8, 4) is 17.2 Å². The van der Waals surface area contributed by atoms with E-state index in [1.165, 1.54) is 32.2 Å². The molecule has 0 saturated carbocycles. The van der Waals surface area contributed by atoms with Crippen LogP contribution in [-0.4, -0.2) is 80.9 Å². The summed E-state index contributed by atoms with van der Waals surface area (Å²) in [6, 6.07) is 3.78. The highest BCUT2D eigenvalue weighted by Gasteiger charge is 2.49. The van der Waals surface area contributed by atoms with E-state index in [0.29, 0.717) is 6.42 Å². The number of carbonyl (C=O) groups is 3. The molecular formula is C32H39N3O10. The van der Waals surface area contributed by atoms with Crippen molar-refractivity contribution in [3.05, 3.63) is 51.6 Å². The van der Waals surface area contributed by atoms with Gasteiger partial charge in [-0.15, -0.1) is 0 Å². The lowest BCUT2D eigenvalue weighted by Gasteiger charge is -2.42. The summed E-state index contributed by atoms with van der Waals surface area (Å²) in [6.45, 7) is 5.07. The number of aliphatic hydroxyl groups is 2. The highest BCUT2D eigenvalue weighted by Crippen LogP contribution is 2.52. The molecule has 0 aromatic heterocycles.